The van der Waals surface area contributed by atoms with E-state index >= 15 is 0 Å². The molecule has 0 spiro atoms. The van der Waals surface area contributed by atoms with E-state index in [4.69, 9.17) is 15.7 Å². The molecule has 3 nitrogen and oxygen atoms in total. The van der Waals surface area contributed by atoms with Gasteiger partial charge in [-0.1, -0.05) is 0 Å². The van der Waals surface area contributed by atoms with Crippen LogP contribution in [0.5, 0.6) is 0 Å². The smallest absolute Gasteiger partial charge is 0.399 e. The summed E-state index contributed by atoms with van der Waals surface area (Å²) >= 11 is 0. The van der Waals surface area contributed by atoms with Crippen molar-refractivity contribution >= 4 is 12.6 Å². The summed E-state index contributed by atoms with van der Waals surface area (Å²) in [7, 11) is -0.776. The molecule has 2 rings (SSSR count). The molecule has 0 aliphatic carbocycles. The second-order valence-corrected chi connectivity index (χ2v) is 5.62. The van der Waals surface area contributed by atoms with E-state index < -0.39 is 24.1 Å². The first kappa shape index (κ1) is 14.0. The third kappa shape index (κ3) is 2.38. The fraction of sp³-hybridized carbons (Fsp3) is 0.500. The van der Waals surface area contributed by atoms with Crippen molar-refractivity contribution in [3.05, 3.63) is 23.8 Å². The third-order valence-electron chi connectivity index (χ3n) is 3.78. The largest absolute Gasteiger partial charge is 0.499 e. The van der Waals surface area contributed by atoms with Crippen LogP contribution in [0.25, 0.3) is 0 Å². The Hall–Kier alpha value is -1.38. The molecule has 0 amide bonds. The molecule has 100 valence electrons. The van der Waals surface area contributed by atoms with Gasteiger partial charge in [-0.15, -0.1) is 12.3 Å². The van der Waals surface area contributed by atoms with Crippen molar-refractivity contribution in [3.63, 3.8) is 0 Å². The molecule has 1 aromatic heterocycles. The van der Waals surface area contributed by atoms with Crippen LogP contribution >= 0.6 is 0 Å². The van der Waals surface area contributed by atoms with Gasteiger partial charge < -0.3 is 9.31 Å². The van der Waals surface area contributed by atoms with E-state index in [1.807, 2.05) is 27.7 Å². The van der Waals surface area contributed by atoms with Crippen LogP contribution in [0, 0.1) is 18.2 Å². The number of terminal acetylenes is 1. The molecule has 0 aromatic carbocycles. The number of hydrogen-bond donors (Lipinski definition) is 0. The van der Waals surface area contributed by atoms with Gasteiger partial charge in [-0.25, -0.2) is 4.39 Å². The molecular formula is C14H17BFNO2. The molecule has 1 fully saturated rings. The average Bonchev–Trinajstić information content (AvgIpc) is 2.48. The van der Waals surface area contributed by atoms with E-state index in [9.17, 15) is 4.39 Å². The van der Waals surface area contributed by atoms with E-state index in [2.05, 4.69) is 10.9 Å². The topological polar surface area (TPSA) is 31.4 Å². The fourth-order valence-corrected chi connectivity index (χ4v) is 1.94. The number of nitrogens with zero attached hydrogens (tertiary/aromatic N) is 1. The summed E-state index contributed by atoms with van der Waals surface area (Å²) in [5.41, 5.74) is -0.249. The molecule has 0 saturated carbocycles. The predicted molar refractivity (Wildman–Crippen MR) is 72.4 cm³/mol. The van der Waals surface area contributed by atoms with Gasteiger partial charge in [-0.2, -0.15) is 0 Å². The molecule has 1 aromatic rings. The monoisotopic (exact) mass is 261 g/mol. The van der Waals surface area contributed by atoms with Gasteiger partial charge in [0.05, 0.1) is 23.3 Å². The molecule has 0 atom stereocenters. The minimum absolute atomic E-state index is 0.247. The van der Waals surface area contributed by atoms with Crippen molar-refractivity contribution in [1.82, 2.24) is 4.98 Å². The van der Waals surface area contributed by atoms with E-state index in [1.165, 1.54) is 12.3 Å². The molecular weight excluding hydrogens is 244 g/mol. The van der Waals surface area contributed by atoms with Crippen molar-refractivity contribution in [2.75, 3.05) is 0 Å². The minimum Gasteiger partial charge on any atom is -0.399 e. The summed E-state index contributed by atoms with van der Waals surface area (Å²) < 4.78 is 25.8. The van der Waals surface area contributed by atoms with E-state index in [1.54, 1.807) is 0 Å². The maximum Gasteiger partial charge on any atom is 0.499 e. The number of aromatic nitrogens is 1. The molecule has 1 aliphatic heterocycles. The Bertz CT molecular complexity index is 521. The first-order valence-corrected chi connectivity index (χ1v) is 6.21. The van der Waals surface area contributed by atoms with Crippen molar-refractivity contribution in [1.29, 1.82) is 0 Å². The average molecular weight is 261 g/mol. The van der Waals surface area contributed by atoms with Crippen molar-refractivity contribution in [2.45, 2.75) is 45.3 Å². The van der Waals surface area contributed by atoms with Crippen LogP contribution in [0.4, 0.5) is 4.39 Å². The molecule has 2 heterocycles. The maximum absolute atomic E-state index is 14.1. The second-order valence-electron chi connectivity index (χ2n) is 5.62. The zero-order chi connectivity index (χ0) is 14.3. The van der Waals surface area contributed by atoms with Crippen LogP contribution in [0.2, 0.25) is 0 Å². The highest BCUT2D eigenvalue weighted by Gasteiger charge is 2.53. The van der Waals surface area contributed by atoms with Gasteiger partial charge in [0.1, 0.15) is 5.82 Å². The number of pyridine rings is 1. The van der Waals surface area contributed by atoms with Crippen LogP contribution in [0.1, 0.15) is 33.4 Å². The van der Waals surface area contributed by atoms with Gasteiger partial charge >= 0.3 is 7.12 Å². The Morgan fingerprint density at radius 2 is 1.89 bits per heavy atom. The molecule has 0 N–H and O–H groups in total. The highest BCUT2D eigenvalue weighted by Crippen LogP contribution is 2.36. The molecule has 0 unspecified atom stereocenters. The Morgan fingerprint density at radius 3 is 2.42 bits per heavy atom. The lowest BCUT2D eigenvalue weighted by Gasteiger charge is -2.32. The molecule has 0 bridgehead atoms. The zero-order valence-electron chi connectivity index (χ0n) is 11.7. The summed E-state index contributed by atoms with van der Waals surface area (Å²) in [6.45, 7) is 7.68. The normalized spacial score (nSPS) is 20.3. The highest BCUT2D eigenvalue weighted by atomic mass is 19.1. The first-order chi connectivity index (χ1) is 8.78. The molecule has 1 saturated heterocycles. The van der Waals surface area contributed by atoms with Gasteiger partial charge in [0.25, 0.3) is 0 Å². The number of halogens is 1. The number of hydrogen-bond acceptors (Lipinski definition) is 3. The van der Waals surface area contributed by atoms with Crippen LogP contribution in [0.3, 0.4) is 0 Å². The maximum atomic E-state index is 14.1. The van der Waals surface area contributed by atoms with Gasteiger partial charge in [-0.05, 0) is 33.8 Å². The zero-order valence-corrected chi connectivity index (χ0v) is 11.7. The Labute approximate surface area is 113 Å². The van der Waals surface area contributed by atoms with Crippen molar-refractivity contribution < 1.29 is 13.7 Å². The Kier molecular flexibility index (Phi) is 3.42. The van der Waals surface area contributed by atoms with Crippen LogP contribution in [-0.2, 0) is 15.7 Å². The van der Waals surface area contributed by atoms with Crippen LogP contribution < -0.4 is 5.46 Å². The minimum atomic E-state index is -0.776. The van der Waals surface area contributed by atoms with E-state index in [0.717, 1.165) is 0 Å². The Morgan fingerprint density at radius 1 is 1.32 bits per heavy atom. The molecule has 1 aliphatic rings. The third-order valence-corrected chi connectivity index (χ3v) is 3.78. The van der Waals surface area contributed by atoms with Gasteiger partial charge in [0.15, 0.2) is 0 Å². The Balaban J connectivity index is 2.42. The molecule has 5 heteroatoms. The lowest BCUT2D eigenvalue weighted by atomic mass is 9.76. The van der Waals surface area contributed by atoms with E-state index in [0.29, 0.717) is 11.2 Å². The summed E-state index contributed by atoms with van der Waals surface area (Å²) in [6.07, 6.45) is 6.94. The first-order valence-electron chi connectivity index (χ1n) is 6.21. The summed E-state index contributed by atoms with van der Waals surface area (Å²) in [4.78, 5) is 4.13. The van der Waals surface area contributed by atoms with Gasteiger partial charge in [0.2, 0.25) is 0 Å². The summed E-state index contributed by atoms with van der Waals surface area (Å²) in [5, 5.41) is 0. The lowest BCUT2D eigenvalue weighted by Crippen LogP contribution is -2.41. The van der Waals surface area contributed by atoms with E-state index in [-0.39, 0.29) is 6.42 Å². The summed E-state index contributed by atoms with van der Waals surface area (Å²) in [5.74, 6) is 2.07. The molecule has 0 radical (unpaired) electrons. The quantitative estimate of drug-likeness (QED) is 0.599. The summed E-state index contributed by atoms with van der Waals surface area (Å²) in [6, 6.07) is 1.29. The van der Waals surface area contributed by atoms with Gasteiger partial charge in [0, 0.05) is 11.7 Å². The van der Waals surface area contributed by atoms with Crippen LogP contribution in [-0.4, -0.2) is 23.3 Å². The van der Waals surface area contributed by atoms with Crippen molar-refractivity contribution in [3.8, 4) is 12.3 Å². The van der Waals surface area contributed by atoms with Crippen molar-refractivity contribution in [2.24, 2.45) is 0 Å². The van der Waals surface area contributed by atoms with Crippen LogP contribution in [0.15, 0.2) is 12.3 Å². The highest BCUT2D eigenvalue weighted by molar-refractivity contribution is 6.62. The standard InChI is InChI=1S/C14H17BFNO2/c1-6-7-11-12(10(16)8-9-17-11)15-18-13(2,3)14(4,5)19-15/h1,8-9H,7H2,2-5H3. The lowest BCUT2D eigenvalue weighted by molar-refractivity contribution is 0.00578. The molecule has 19 heavy (non-hydrogen) atoms. The number of rotatable bonds is 2. The van der Waals surface area contributed by atoms with Gasteiger partial charge in [-0.3, -0.25) is 4.98 Å². The fourth-order valence-electron chi connectivity index (χ4n) is 1.94. The predicted octanol–water partition coefficient (Wildman–Crippen LogP) is 1.70. The second kappa shape index (κ2) is 4.62. The SMILES string of the molecule is C#CCc1nccc(F)c1B1OC(C)(C)C(C)(C)O1.